The third kappa shape index (κ3) is 5.10. The Bertz CT molecular complexity index is 938. The van der Waals surface area contributed by atoms with E-state index in [2.05, 4.69) is 10.9 Å². The summed E-state index contributed by atoms with van der Waals surface area (Å²) in [7, 11) is 0. The SMILES string of the molecule is CSc1ccc(N2C[C@H](C(=O)NNC(=O)[C@@H](C)Oc3ccccc3F)CC2=O)cc1. The number of hydrazine groups is 1. The minimum absolute atomic E-state index is 0.0489. The Morgan fingerprint density at radius 3 is 2.53 bits per heavy atom. The molecule has 30 heavy (non-hydrogen) atoms. The molecule has 0 radical (unpaired) electrons. The Morgan fingerprint density at radius 1 is 1.17 bits per heavy atom. The zero-order valence-corrected chi connectivity index (χ0v) is 17.4. The third-order valence-corrected chi connectivity index (χ3v) is 5.44. The molecule has 1 fully saturated rings. The average molecular weight is 431 g/mol. The minimum atomic E-state index is -1.03. The number of thioether (sulfide) groups is 1. The second-order valence-corrected chi connectivity index (χ2v) is 7.65. The second kappa shape index (κ2) is 9.62. The molecule has 2 atom stereocenters. The lowest BCUT2D eigenvalue weighted by Gasteiger charge is -2.18. The summed E-state index contributed by atoms with van der Waals surface area (Å²) < 4.78 is 18.9. The molecule has 0 saturated carbocycles. The van der Waals surface area contributed by atoms with Gasteiger partial charge < -0.3 is 9.64 Å². The van der Waals surface area contributed by atoms with Crippen molar-refractivity contribution in [1.82, 2.24) is 10.9 Å². The molecule has 3 amide bonds. The maximum Gasteiger partial charge on any atom is 0.279 e. The van der Waals surface area contributed by atoms with E-state index in [1.54, 1.807) is 22.7 Å². The van der Waals surface area contributed by atoms with E-state index in [4.69, 9.17) is 4.74 Å². The lowest BCUT2D eigenvalue weighted by Crippen LogP contribution is -2.49. The highest BCUT2D eigenvalue weighted by Gasteiger charge is 2.35. The number of carbonyl (C=O) groups is 3. The van der Waals surface area contributed by atoms with E-state index in [1.165, 1.54) is 25.1 Å². The van der Waals surface area contributed by atoms with Gasteiger partial charge in [0, 0.05) is 23.5 Å². The number of para-hydroxylation sites is 1. The summed E-state index contributed by atoms with van der Waals surface area (Å²) in [6.45, 7) is 1.66. The number of nitrogens with zero attached hydrogens (tertiary/aromatic N) is 1. The Balaban J connectivity index is 1.51. The van der Waals surface area contributed by atoms with Gasteiger partial charge in [-0.2, -0.15) is 0 Å². The standard InChI is InChI=1S/C21H22FN3O4S/c1-13(29-18-6-4-3-5-17(18)22)20(27)23-24-21(28)14-11-19(26)25(12-14)15-7-9-16(30-2)10-8-15/h3-10,13-14H,11-12H2,1-2H3,(H,23,27)(H,24,28)/t13-,14-/m1/s1. The predicted octanol–water partition coefficient (Wildman–Crippen LogP) is 2.52. The predicted molar refractivity (Wildman–Crippen MR) is 111 cm³/mol. The normalized spacial score (nSPS) is 16.8. The Morgan fingerprint density at radius 2 is 1.87 bits per heavy atom. The molecule has 0 aromatic heterocycles. The van der Waals surface area contributed by atoms with Crippen LogP contribution in [0.1, 0.15) is 13.3 Å². The van der Waals surface area contributed by atoms with Crippen LogP contribution in [0.2, 0.25) is 0 Å². The number of rotatable bonds is 6. The van der Waals surface area contributed by atoms with Crippen molar-refractivity contribution in [1.29, 1.82) is 0 Å². The zero-order valence-electron chi connectivity index (χ0n) is 16.6. The average Bonchev–Trinajstić information content (AvgIpc) is 3.15. The third-order valence-electron chi connectivity index (χ3n) is 4.70. The molecule has 0 aliphatic carbocycles. The van der Waals surface area contributed by atoms with Gasteiger partial charge >= 0.3 is 0 Å². The van der Waals surface area contributed by atoms with Gasteiger partial charge in [-0.05, 0) is 49.6 Å². The van der Waals surface area contributed by atoms with Crippen molar-refractivity contribution in [2.24, 2.45) is 5.92 Å². The molecule has 1 heterocycles. The summed E-state index contributed by atoms with van der Waals surface area (Å²) in [6, 6.07) is 13.2. The summed E-state index contributed by atoms with van der Waals surface area (Å²) in [5, 5.41) is 0. The molecule has 1 aliphatic rings. The summed E-state index contributed by atoms with van der Waals surface area (Å²) in [5.41, 5.74) is 5.31. The van der Waals surface area contributed by atoms with E-state index in [1.807, 2.05) is 30.5 Å². The number of anilines is 1. The minimum Gasteiger partial charge on any atom is -0.478 e. The van der Waals surface area contributed by atoms with Gasteiger partial charge in [0.15, 0.2) is 17.7 Å². The maximum atomic E-state index is 13.6. The topological polar surface area (TPSA) is 87.7 Å². The van der Waals surface area contributed by atoms with Crippen molar-refractivity contribution < 1.29 is 23.5 Å². The molecule has 1 saturated heterocycles. The van der Waals surface area contributed by atoms with Crippen molar-refractivity contribution >= 4 is 35.2 Å². The number of ether oxygens (including phenoxy) is 1. The number of nitrogens with one attached hydrogen (secondary N) is 2. The van der Waals surface area contributed by atoms with Gasteiger partial charge in [-0.3, -0.25) is 25.2 Å². The first-order valence-electron chi connectivity index (χ1n) is 9.34. The Hall–Kier alpha value is -3.07. The van der Waals surface area contributed by atoms with Crippen LogP contribution >= 0.6 is 11.8 Å². The molecule has 2 aromatic rings. The van der Waals surface area contributed by atoms with Crippen LogP contribution in [0, 0.1) is 11.7 Å². The smallest absolute Gasteiger partial charge is 0.279 e. The highest BCUT2D eigenvalue weighted by Crippen LogP contribution is 2.27. The molecular formula is C21H22FN3O4S. The van der Waals surface area contributed by atoms with Crippen molar-refractivity contribution in [3.8, 4) is 5.75 Å². The summed E-state index contributed by atoms with van der Waals surface area (Å²) >= 11 is 1.60. The summed E-state index contributed by atoms with van der Waals surface area (Å²) in [4.78, 5) is 39.5. The van der Waals surface area contributed by atoms with Gasteiger partial charge in [0.25, 0.3) is 5.91 Å². The van der Waals surface area contributed by atoms with Crippen LogP contribution < -0.4 is 20.5 Å². The highest BCUT2D eigenvalue weighted by atomic mass is 32.2. The van der Waals surface area contributed by atoms with Crippen LogP contribution in [-0.4, -0.2) is 36.6 Å². The molecule has 3 rings (SSSR count). The zero-order chi connectivity index (χ0) is 21.7. The number of hydrogen-bond donors (Lipinski definition) is 2. The van der Waals surface area contributed by atoms with E-state index >= 15 is 0 Å². The van der Waals surface area contributed by atoms with Crippen LogP contribution in [-0.2, 0) is 14.4 Å². The number of hydrogen-bond acceptors (Lipinski definition) is 5. The van der Waals surface area contributed by atoms with Crippen molar-refractivity contribution in [2.45, 2.75) is 24.3 Å². The quantitative estimate of drug-likeness (QED) is 0.542. The number of halogens is 1. The van der Waals surface area contributed by atoms with Gasteiger partial charge in [-0.25, -0.2) is 4.39 Å². The summed E-state index contributed by atoms with van der Waals surface area (Å²) in [5.74, 6) is -2.51. The van der Waals surface area contributed by atoms with E-state index in [0.29, 0.717) is 0 Å². The second-order valence-electron chi connectivity index (χ2n) is 6.77. The largest absolute Gasteiger partial charge is 0.478 e. The van der Waals surface area contributed by atoms with Gasteiger partial charge in [0.05, 0.1) is 5.92 Å². The van der Waals surface area contributed by atoms with E-state index in [9.17, 15) is 18.8 Å². The first-order valence-corrected chi connectivity index (χ1v) is 10.6. The summed E-state index contributed by atoms with van der Waals surface area (Å²) in [6.07, 6.45) is 0.985. The molecule has 2 N–H and O–H groups in total. The van der Waals surface area contributed by atoms with Crippen LogP contribution in [0.25, 0.3) is 0 Å². The molecule has 2 aromatic carbocycles. The van der Waals surface area contributed by atoms with Crippen LogP contribution in [0.3, 0.4) is 0 Å². The molecule has 0 bridgehead atoms. The molecule has 0 unspecified atom stereocenters. The maximum absolute atomic E-state index is 13.6. The Labute approximate surface area is 177 Å². The monoisotopic (exact) mass is 431 g/mol. The van der Waals surface area contributed by atoms with Crippen LogP contribution in [0.15, 0.2) is 53.4 Å². The lowest BCUT2D eigenvalue weighted by molar-refractivity contribution is -0.134. The van der Waals surface area contributed by atoms with Gasteiger partial charge in [-0.15, -0.1) is 11.8 Å². The van der Waals surface area contributed by atoms with Crippen molar-refractivity contribution in [2.75, 3.05) is 17.7 Å². The van der Waals surface area contributed by atoms with Crippen molar-refractivity contribution in [3.05, 3.63) is 54.3 Å². The van der Waals surface area contributed by atoms with Gasteiger partial charge in [0.2, 0.25) is 11.8 Å². The van der Waals surface area contributed by atoms with Crippen LogP contribution in [0.5, 0.6) is 5.75 Å². The molecule has 0 spiro atoms. The molecule has 7 nitrogen and oxygen atoms in total. The lowest BCUT2D eigenvalue weighted by atomic mass is 10.1. The molecular weight excluding hydrogens is 409 g/mol. The van der Waals surface area contributed by atoms with E-state index < -0.39 is 29.7 Å². The molecule has 158 valence electrons. The molecule has 1 aliphatic heterocycles. The van der Waals surface area contributed by atoms with Gasteiger partial charge in [-0.1, -0.05) is 12.1 Å². The first-order chi connectivity index (χ1) is 14.4. The van der Waals surface area contributed by atoms with E-state index in [0.717, 1.165) is 10.6 Å². The van der Waals surface area contributed by atoms with E-state index in [-0.39, 0.29) is 24.6 Å². The fourth-order valence-corrected chi connectivity index (χ4v) is 3.41. The number of carbonyl (C=O) groups excluding carboxylic acids is 3. The fraction of sp³-hybridized carbons (Fsp3) is 0.286. The first kappa shape index (κ1) is 21.6. The van der Waals surface area contributed by atoms with Crippen LogP contribution in [0.4, 0.5) is 10.1 Å². The van der Waals surface area contributed by atoms with Gasteiger partial charge in [0.1, 0.15) is 0 Å². The number of benzene rings is 2. The number of amides is 3. The fourth-order valence-electron chi connectivity index (χ4n) is 3.01. The highest BCUT2D eigenvalue weighted by molar-refractivity contribution is 7.98. The Kier molecular flexibility index (Phi) is 6.94. The van der Waals surface area contributed by atoms with Crippen molar-refractivity contribution in [3.63, 3.8) is 0 Å². The molecule has 9 heteroatoms.